The lowest BCUT2D eigenvalue weighted by atomic mass is 9.92. The van der Waals surface area contributed by atoms with Crippen molar-refractivity contribution in [3.8, 4) is 0 Å². The molecule has 1 aliphatic carbocycles. The van der Waals surface area contributed by atoms with Crippen molar-refractivity contribution >= 4 is 15.8 Å². The van der Waals surface area contributed by atoms with Crippen molar-refractivity contribution < 1.29 is 18.3 Å². The summed E-state index contributed by atoms with van der Waals surface area (Å²) in [6.07, 6.45) is 4.65. The van der Waals surface area contributed by atoms with Crippen LogP contribution < -0.4 is 0 Å². The molecule has 2 atom stereocenters. The van der Waals surface area contributed by atoms with Gasteiger partial charge >= 0.3 is 5.97 Å². The van der Waals surface area contributed by atoms with Gasteiger partial charge < -0.3 is 5.11 Å². The van der Waals surface area contributed by atoms with Crippen molar-refractivity contribution in [2.45, 2.75) is 63.3 Å². The highest BCUT2D eigenvalue weighted by Gasteiger charge is 2.32. The minimum absolute atomic E-state index is 0.109. The van der Waals surface area contributed by atoms with Crippen LogP contribution in [0.2, 0.25) is 0 Å². The first-order chi connectivity index (χ1) is 8.71. The van der Waals surface area contributed by atoms with Gasteiger partial charge in [0, 0.05) is 24.9 Å². The van der Waals surface area contributed by atoms with E-state index in [-0.39, 0.29) is 23.8 Å². The fourth-order valence-corrected chi connectivity index (χ4v) is 4.06. The Morgan fingerprint density at radius 3 is 2.47 bits per heavy atom. The van der Waals surface area contributed by atoms with Crippen molar-refractivity contribution in [1.82, 2.24) is 4.90 Å². The number of hydrogen-bond acceptors (Lipinski definition) is 4. The summed E-state index contributed by atoms with van der Waals surface area (Å²) in [5, 5.41) is 8.53. The zero-order valence-electron chi connectivity index (χ0n) is 12.0. The first-order valence-corrected chi connectivity index (χ1v) is 8.83. The molecule has 0 heterocycles. The lowest BCUT2D eigenvalue weighted by Crippen LogP contribution is -2.46. The van der Waals surface area contributed by atoms with E-state index in [1.807, 2.05) is 13.8 Å². The monoisotopic (exact) mass is 291 g/mol. The van der Waals surface area contributed by atoms with E-state index in [2.05, 4.69) is 4.90 Å². The third kappa shape index (κ3) is 5.10. The molecule has 1 aliphatic rings. The van der Waals surface area contributed by atoms with Crippen molar-refractivity contribution in [3.05, 3.63) is 0 Å². The molecule has 1 rings (SSSR count). The van der Waals surface area contributed by atoms with Gasteiger partial charge in [-0.05, 0) is 33.1 Å². The first-order valence-electron chi connectivity index (χ1n) is 6.88. The molecule has 1 saturated carbocycles. The molecule has 6 heteroatoms. The molecule has 5 nitrogen and oxygen atoms in total. The van der Waals surface area contributed by atoms with Crippen LogP contribution in [0.5, 0.6) is 0 Å². The molecule has 0 spiro atoms. The van der Waals surface area contributed by atoms with Crippen LogP contribution in [0.15, 0.2) is 0 Å². The van der Waals surface area contributed by atoms with Crippen LogP contribution >= 0.6 is 0 Å². The van der Waals surface area contributed by atoms with Crippen molar-refractivity contribution in [3.63, 3.8) is 0 Å². The van der Waals surface area contributed by atoms with Crippen molar-refractivity contribution in [1.29, 1.82) is 0 Å². The Morgan fingerprint density at radius 1 is 1.37 bits per heavy atom. The zero-order valence-corrected chi connectivity index (χ0v) is 12.8. The second-order valence-electron chi connectivity index (χ2n) is 5.75. The number of carboxylic acids is 1. The maximum Gasteiger partial charge on any atom is 0.304 e. The molecular weight excluding hydrogens is 266 g/mol. The molecule has 1 N–H and O–H groups in total. The highest BCUT2D eigenvalue weighted by Crippen LogP contribution is 2.28. The lowest BCUT2D eigenvalue weighted by molar-refractivity contribution is -0.137. The molecule has 19 heavy (non-hydrogen) atoms. The fraction of sp³-hybridized carbons (Fsp3) is 0.923. The topological polar surface area (TPSA) is 74.7 Å². The van der Waals surface area contributed by atoms with E-state index in [1.165, 1.54) is 6.26 Å². The molecule has 0 radical (unpaired) electrons. The molecule has 0 amide bonds. The van der Waals surface area contributed by atoms with Crippen LogP contribution in [-0.2, 0) is 14.6 Å². The minimum atomic E-state index is -2.99. The number of sulfone groups is 1. The van der Waals surface area contributed by atoms with Crippen LogP contribution in [0, 0.1) is 0 Å². The van der Waals surface area contributed by atoms with Crippen LogP contribution in [0.3, 0.4) is 0 Å². The van der Waals surface area contributed by atoms with E-state index in [0.717, 1.165) is 19.3 Å². The molecule has 0 aromatic carbocycles. The Balaban J connectivity index is 2.71. The van der Waals surface area contributed by atoms with Gasteiger partial charge in [0.25, 0.3) is 0 Å². The number of rotatable bonds is 6. The van der Waals surface area contributed by atoms with Gasteiger partial charge in [0.2, 0.25) is 0 Å². The van der Waals surface area contributed by atoms with E-state index in [9.17, 15) is 13.2 Å². The maximum absolute atomic E-state index is 11.7. The minimum Gasteiger partial charge on any atom is -0.481 e. The quantitative estimate of drug-likeness (QED) is 0.803. The van der Waals surface area contributed by atoms with Gasteiger partial charge in [-0.25, -0.2) is 8.42 Å². The summed E-state index contributed by atoms with van der Waals surface area (Å²) in [5.41, 5.74) is 0. The Bertz CT molecular complexity index is 405. The fourth-order valence-electron chi connectivity index (χ4n) is 2.90. The SMILES string of the molecule is CC(C)N(CCC(=O)O)C1CCCC(S(C)(=O)=O)C1. The molecule has 112 valence electrons. The van der Waals surface area contributed by atoms with Gasteiger partial charge in [-0.15, -0.1) is 0 Å². The van der Waals surface area contributed by atoms with Gasteiger partial charge in [-0.3, -0.25) is 9.69 Å². The first kappa shape index (κ1) is 16.4. The summed E-state index contributed by atoms with van der Waals surface area (Å²) in [6, 6.07) is 0.426. The number of nitrogens with zero attached hydrogens (tertiary/aromatic N) is 1. The number of aliphatic carboxylic acids is 1. The summed E-state index contributed by atoms with van der Waals surface area (Å²) in [4.78, 5) is 12.9. The van der Waals surface area contributed by atoms with Crippen molar-refractivity contribution in [2.24, 2.45) is 0 Å². The van der Waals surface area contributed by atoms with Gasteiger partial charge in [0.05, 0.1) is 11.7 Å². The molecule has 0 bridgehead atoms. The van der Waals surface area contributed by atoms with E-state index in [0.29, 0.717) is 13.0 Å². The van der Waals surface area contributed by atoms with E-state index >= 15 is 0 Å². The Labute approximate surface area is 115 Å². The molecule has 0 aromatic rings. The summed E-state index contributed by atoms with van der Waals surface area (Å²) in [6.45, 7) is 4.56. The van der Waals surface area contributed by atoms with E-state index in [1.54, 1.807) is 0 Å². The van der Waals surface area contributed by atoms with Crippen LogP contribution in [0.1, 0.15) is 46.0 Å². The highest BCUT2D eigenvalue weighted by atomic mass is 32.2. The zero-order chi connectivity index (χ0) is 14.6. The second-order valence-corrected chi connectivity index (χ2v) is 8.07. The van der Waals surface area contributed by atoms with Gasteiger partial charge in [-0.2, -0.15) is 0 Å². The summed E-state index contributed by atoms with van der Waals surface area (Å²) < 4.78 is 23.4. The molecule has 0 aliphatic heterocycles. The van der Waals surface area contributed by atoms with Gasteiger partial charge in [0.15, 0.2) is 0 Å². The summed E-state index contributed by atoms with van der Waals surface area (Å²) >= 11 is 0. The molecule has 1 fully saturated rings. The third-order valence-electron chi connectivity index (χ3n) is 3.92. The Kier molecular flexibility index (Phi) is 5.80. The van der Waals surface area contributed by atoms with Crippen LogP contribution in [0.25, 0.3) is 0 Å². The summed E-state index contributed by atoms with van der Waals surface area (Å²) in [7, 11) is -2.99. The van der Waals surface area contributed by atoms with E-state index < -0.39 is 15.8 Å². The average molecular weight is 291 g/mol. The smallest absolute Gasteiger partial charge is 0.304 e. The van der Waals surface area contributed by atoms with Gasteiger partial charge in [0.1, 0.15) is 9.84 Å². The number of carboxylic acid groups (broad SMARTS) is 1. The number of hydrogen-bond donors (Lipinski definition) is 1. The van der Waals surface area contributed by atoms with Crippen LogP contribution in [0.4, 0.5) is 0 Å². The maximum atomic E-state index is 11.7. The molecule has 2 unspecified atom stereocenters. The second kappa shape index (κ2) is 6.70. The predicted octanol–water partition coefficient (Wildman–Crippen LogP) is 1.53. The van der Waals surface area contributed by atoms with Gasteiger partial charge in [-0.1, -0.05) is 6.42 Å². The molecule has 0 saturated heterocycles. The summed E-state index contributed by atoms with van der Waals surface area (Å²) in [5.74, 6) is -0.805. The normalized spacial score (nSPS) is 24.9. The molecule has 0 aromatic heterocycles. The third-order valence-corrected chi connectivity index (χ3v) is 5.56. The Morgan fingerprint density at radius 2 is 2.00 bits per heavy atom. The standard InChI is InChI=1S/C13H25NO4S/c1-10(2)14(8-7-13(15)16)11-5-4-6-12(9-11)19(3,17)18/h10-12H,4-9H2,1-3H3,(H,15,16). The van der Waals surface area contributed by atoms with Crippen molar-refractivity contribution in [2.75, 3.05) is 12.8 Å². The Hall–Kier alpha value is -0.620. The lowest BCUT2D eigenvalue weighted by Gasteiger charge is -2.39. The largest absolute Gasteiger partial charge is 0.481 e. The average Bonchev–Trinajstić information content (AvgIpc) is 2.27. The predicted molar refractivity (Wildman–Crippen MR) is 75.0 cm³/mol. The number of carbonyl (C=O) groups is 1. The highest BCUT2D eigenvalue weighted by molar-refractivity contribution is 7.91. The van der Waals surface area contributed by atoms with Crippen LogP contribution in [-0.4, -0.2) is 54.5 Å². The van der Waals surface area contributed by atoms with E-state index in [4.69, 9.17) is 5.11 Å². The molecular formula is C13H25NO4S.